The summed E-state index contributed by atoms with van der Waals surface area (Å²) in [6.45, 7) is 26.5. The lowest BCUT2D eigenvalue weighted by molar-refractivity contribution is 0.369. The van der Waals surface area contributed by atoms with Gasteiger partial charge in [-0.25, -0.2) is 0 Å². The molecular formula is C21H52N2O2Si3. The van der Waals surface area contributed by atoms with Crippen LogP contribution in [0.2, 0.25) is 50.9 Å². The van der Waals surface area contributed by atoms with E-state index in [4.69, 9.17) is 14.0 Å². The first-order chi connectivity index (χ1) is 12.9. The minimum atomic E-state index is -2.14. The molecule has 0 fully saturated rings. The minimum Gasteiger partial charge on any atom is -0.436 e. The Labute approximate surface area is 180 Å². The molecule has 7 heteroatoms. The van der Waals surface area contributed by atoms with Gasteiger partial charge < -0.3 is 19.3 Å². The number of nitrogens with two attached hydrogens (primary N) is 1. The van der Waals surface area contributed by atoms with Gasteiger partial charge in [0.2, 0.25) is 0 Å². The molecule has 28 heavy (non-hydrogen) atoms. The van der Waals surface area contributed by atoms with E-state index in [0.29, 0.717) is 6.54 Å². The van der Waals surface area contributed by atoms with Crippen molar-refractivity contribution in [1.29, 1.82) is 0 Å². The summed E-state index contributed by atoms with van der Waals surface area (Å²) in [6, 6.07) is 3.48. The first-order valence-electron chi connectivity index (χ1n) is 11.3. The number of rotatable bonds is 15. The third-order valence-electron chi connectivity index (χ3n) is 4.76. The second-order valence-corrected chi connectivity index (χ2v) is 21.9. The van der Waals surface area contributed by atoms with Gasteiger partial charge in [-0.3, -0.25) is 0 Å². The normalized spacial score (nSPS) is 15.4. The van der Waals surface area contributed by atoms with Gasteiger partial charge in [-0.15, -0.1) is 6.58 Å². The fraction of sp³-hybridized carbons (Fsp3) is 0.905. The van der Waals surface area contributed by atoms with Crippen LogP contribution in [0, 0.1) is 5.92 Å². The maximum atomic E-state index is 6.92. The third kappa shape index (κ3) is 17.1. The number of hydrogen-bond donors (Lipinski definition) is 2. The van der Waals surface area contributed by atoms with Gasteiger partial charge in [0.15, 0.2) is 16.6 Å². The van der Waals surface area contributed by atoms with Gasteiger partial charge in [-0.2, -0.15) is 0 Å². The fourth-order valence-corrected chi connectivity index (χ4v) is 17.9. The molecule has 0 saturated carbocycles. The Morgan fingerprint density at radius 2 is 1.57 bits per heavy atom. The van der Waals surface area contributed by atoms with Crippen molar-refractivity contribution in [2.75, 3.05) is 19.6 Å². The topological polar surface area (TPSA) is 56.5 Å². The Morgan fingerprint density at radius 3 is 2.04 bits per heavy atom. The van der Waals surface area contributed by atoms with E-state index in [9.17, 15) is 0 Å². The summed E-state index contributed by atoms with van der Waals surface area (Å²) < 4.78 is 13.7. The molecule has 0 aromatic rings. The molecule has 0 aliphatic rings. The maximum absolute atomic E-state index is 6.92. The van der Waals surface area contributed by atoms with Crippen LogP contribution < -0.4 is 11.1 Å². The molecule has 0 heterocycles. The zero-order valence-electron chi connectivity index (χ0n) is 20.6. The Balaban J connectivity index is 0. The highest BCUT2D eigenvalue weighted by Crippen LogP contribution is 2.30. The molecule has 0 aromatic carbocycles. The quantitative estimate of drug-likeness (QED) is 0.181. The van der Waals surface area contributed by atoms with E-state index in [1.807, 2.05) is 6.92 Å². The molecule has 0 amide bonds. The van der Waals surface area contributed by atoms with Gasteiger partial charge in [0, 0.05) is 13.1 Å². The van der Waals surface area contributed by atoms with Crippen molar-refractivity contribution in [2.24, 2.45) is 11.7 Å². The molecule has 0 spiro atoms. The van der Waals surface area contributed by atoms with E-state index in [1.165, 1.54) is 18.9 Å². The average Bonchev–Trinajstić information content (AvgIpc) is 2.53. The molecule has 0 saturated heterocycles. The van der Waals surface area contributed by atoms with Crippen molar-refractivity contribution >= 4 is 25.2 Å². The first kappa shape index (κ1) is 30.4. The van der Waals surface area contributed by atoms with Crippen LogP contribution in [0.4, 0.5) is 0 Å². The Bertz CT molecular complexity index is 396. The maximum Gasteiger partial charge on any atom is 0.314 e. The fourth-order valence-electron chi connectivity index (χ4n) is 3.60. The van der Waals surface area contributed by atoms with Crippen molar-refractivity contribution in [2.45, 2.75) is 97.8 Å². The minimum absolute atomic E-state index is 0.701. The second kappa shape index (κ2) is 16.0. The molecule has 0 aliphatic heterocycles. The van der Waals surface area contributed by atoms with Crippen LogP contribution in [-0.4, -0.2) is 44.8 Å². The number of nitrogens with one attached hydrogen (secondary N) is 1. The third-order valence-corrected chi connectivity index (χ3v) is 17.3. The van der Waals surface area contributed by atoms with Crippen LogP contribution >= 0.6 is 0 Å². The highest BCUT2D eigenvalue weighted by atomic mass is 28.5. The van der Waals surface area contributed by atoms with Crippen LogP contribution in [0.3, 0.4) is 0 Å². The molecule has 0 radical (unpaired) electrons. The predicted molar refractivity (Wildman–Crippen MR) is 135 cm³/mol. The van der Waals surface area contributed by atoms with Gasteiger partial charge in [0.25, 0.3) is 0 Å². The average molecular weight is 449 g/mol. The molecule has 0 rings (SSSR count). The molecule has 0 bridgehead atoms. The van der Waals surface area contributed by atoms with Crippen LogP contribution in [0.25, 0.3) is 0 Å². The lowest BCUT2D eigenvalue weighted by Gasteiger charge is -2.41. The van der Waals surface area contributed by atoms with Gasteiger partial charge in [0.05, 0.1) is 0 Å². The largest absolute Gasteiger partial charge is 0.436 e. The molecule has 0 aromatic heterocycles. The molecule has 2 unspecified atom stereocenters. The highest BCUT2D eigenvalue weighted by molar-refractivity contribution is 6.88. The Morgan fingerprint density at radius 1 is 1.04 bits per heavy atom. The van der Waals surface area contributed by atoms with Crippen molar-refractivity contribution in [3.63, 3.8) is 0 Å². The summed E-state index contributed by atoms with van der Waals surface area (Å²) in [5.41, 5.74) is 5.56. The molecule has 170 valence electrons. The summed E-state index contributed by atoms with van der Waals surface area (Å²) in [4.78, 5) is 0. The predicted octanol–water partition coefficient (Wildman–Crippen LogP) is 6.09. The van der Waals surface area contributed by atoms with Crippen molar-refractivity contribution in [1.82, 2.24) is 5.32 Å². The van der Waals surface area contributed by atoms with Crippen LogP contribution in [-0.2, 0) is 8.23 Å². The summed E-state index contributed by atoms with van der Waals surface area (Å²) in [5, 5.41) is 3.41. The number of allylic oxidation sites excluding steroid dienone is 1. The zero-order chi connectivity index (χ0) is 22.3. The molecular weight excluding hydrogens is 397 g/mol. The Kier molecular flexibility index (Phi) is 17.4. The first-order valence-corrected chi connectivity index (χ1v) is 20.0. The van der Waals surface area contributed by atoms with E-state index in [-0.39, 0.29) is 0 Å². The summed E-state index contributed by atoms with van der Waals surface area (Å²) in [7, 11) is -5.47. The molecule has 2 atom stereocenters. The monoisotopic (exact) mass is 448 g/mol. The Hall–Kier alpha value is 0.231. The SMILES string of the molecule is C=CC.CCCC(C)C[Si](C)(C)O[Si](C)(CCCNCCN)O[Si](C)(C)CC. The summed E-state index contributed by atoms with van der Waals surface area (Å²) >= 11 is 0. The zero-order valence-corrected chi connectivity index (χ0v) is 23.6. The van der Waals surface area contributed by atoms with E-state index >= 15 is 0 Å². The van der Waals surface area contributed by atoms with Crippen LogP contribution in [0.5, 0.6) is 0 Å². The van der Waals surface area contributed by atoms with Crippen molar-refractivity contribution in [3.05, 3.63) is 12.7 Å². The lowest BCUT2D eigenvalue weighted by Crippen LogP contribution is -2.54. The molecule has 0 aliphatic carbocycles. The van der Waals surface area contributed by atoms with E-state index < -0.39 is 25.2 Å². The smallest absolute Gasteiger partial charge is 0.314 e. The van der Waals surface area contributed by atoms with Crippen LogP contribution in [0.1, 0.15) is 47.0 Å². The summed E-state index contributed by atoms with van der Waals surface area (Å²) in [5.74, 6) is 0.757. The van der Waals surface area contributed by atoms with Gasteiger partial charge in [-0.1, -0.05) is 39.7 Å². The lowest BCUT2D eigenvalue weighted by atomic mass is 10.1. The second-order valence-electron chi connectivity index (χ2n) is 9.36. The van der Waals surface area contributed by atoms with Crippen molar-refractivity contribution < 1.29 is 8.23 Å². The van der Waals surface area contributed by atoms with Crippen molar-refractivity contribution in [3.8, 4) is 0 Å². The molecule has 4 nitrogen and oxygen atoms in total. The van der Waals surface area contributed by atoms with Gasteiger partial charge in [0.1, 0.15) is 0 Å². The van der Waals surface area contributed by atoms with Gasteiger partial charge in [-0.05, 0) is 76.7 Å². The van der Waals surface area contributed by atoms with Gasteiger partial charge >= 0.3 is 8.56 Å². The highest BCUT2D eigenvalue weighted by Gasteiger charge is 2.42. The van der Waals surface area contributed by atoms with E-state index in [1.54, 1.807) is 6.08 Å². The molecule has 3 N–H and O–H groups in total. The number of hydrogen-bond acceptors (Lipinski definition) is 4. The van der Waals surface area contributed by atoms with Crippen LogP contribution in [0.15, 0.2) is 12.7 Å². The van der Waals surface area contributed by atoms with E-state index in [2.05, 4.69) is 65.4 Å². The standard InChI is InChI=1S/C18H46N2O2Si3.C3H6/c1-9-12-18(3)17-24(6,7)22-25(8,21-23(4,5)10-2)16-11-14-20-15-13-19;1-3-2/h18,20H,9-17,19H2,1-8H3;3H,1H2,2H3. The van der Waals surface area contributed by atoms with E-state index in [0.717, 1.165) is 37.5 Å². The summed E-state index contributed by atoms with van der Waals surface area (Å²) in [6.07, 6.45) is 5.43.